The Balaban J connectivity index is 4.98. The Bertz CT molecular complexity index is 618. The number of amides is 1. The van der Waals surface area contributed by atoms with Gasteiger partial charge < -0.3 is 20.7 Å². The number of ether oxygens (including phenoxy) is 1. The average molecular weight is 407 g/mol. The summed E-state index contributed by atoms with van der Waals surface area (Å²) in [7, 11) is -1.60. The Kier molecular flexibility index (Phi) is 9.08. The molecule has 1 amide bonds. The van der Waals surface area contributed by atoms with Gasteiger partial charge in [0.25, 0.3) is 0 Å². The van der Waals surface area contributed by atoms with Crippen LogP contribution in [0.25, 0.3) is 0 Å². The lowest BCUT2D eigenvalue weighted by molar-refractivity contribution is 0.0448. The molecule has 0 bridgehead atoms. The van der Waals surface area contributed by atoms with Crippen LogP contribution in [-0.4, -0.2) is 62.8 Å². The zero-order valence-corrected chi connectivity index (χ0v) is 19.1. The average Bonchev–Trinajstić information content (AvgIpc) is 2.50. The van der Waals surface area contributed by atoms with Gasteiger partial charge in [0, 0.05) is 26.4 Å². The van der Waals surface area contributed by atoms with E-state index in [1.54, 1.807) is 20.9 Å². The van der Waals surface area contributed by atoms with Crippen LogP contribution in [0.4, 0.5) is 4.79 Å². The lowest BCUT2D eigenvalue weighted by atomic mass is 9.93. The van der Waals surface area contributed by atoms with Crippen molar-refractivity contribution in [1.82, 2.24) is 16.0 Å². The highest BCUT2D eigenvalue weighted by Gasteiger charge is 2.32. The van der Waals surface area contributed by atoms with E-state index in [4.69, 9.17) is 4.74 Å². The molecule has 3 N–H and O–H groups in total. The molecule has 0 rings (SSSR count). The highest BCUT2D eigenvalue weighted by Crippen LogP contribution is 2.17. The largest absolute Gasteiger partial charge is 0.444 e. The molecule has 27 heavy (non-hydrogen) atoms. The number of guanidine groups is 1. The number of carbonyl (C=O) groups is 1. The minimum Gasteiger partial charge on any atom is -0.444 e. The molecule has 8 nitrogen and oxygen atoms in total. The number of alkyl carbamates (subject to hydrolysis) is 1. The van der Waals surface area contributed by atoms with Gasteiger partial charge >= 0.3 is 6.09 Å². The number of nitrogens with one attached hydrogen (secondary N) is 3. The molecule has 0 radical (unpaired) electrons. The van der Waals surface area contributed by atoms with Crippen LogP contribution >= 0.6 is 0 Å². The van der Waals surface area contributed by atoms with E-state index < -0.39 is 31.8 Å². The molecule has 0 heterocycles. The Morgan fingerprint density at radius 2 is 1.48 bits per heavy atom. The van der Waals surface area contributed by atoms with E-state index in [0.29, 0.717) is 25.3 Å². The number of hydrogen-bond acceptors (Lipinski definition) is 5. The van der Waals surface area contributed by atoms with Gasteiger partial charge in [-0.15, -0.1) is 0 Å². The quantitative estimate of drug-likeness (QED) is 0.420. The van der Waals surface area contributed by atoms with Crippen molar-refractivity contribution in [2.75, 3.05) is 26.4 Å². The van der Waals surface area contributed by atoms with Crippen molar-refractivity contribution in [3.8, 4) is 0 Å². The minimum atomic E-state index is -3.21. The summed E-state index contributed by atoms with van der Waals surface area (Å²) < 4.78 is 28.1. The van der Waals surface area contributed by atoms with E-state index in [1.165, 1.54) is 6.26 Å². The maximum Gasteiger partial charge on any atom is 0.408 e. The second kappa shape index (κ2) is 9.61. The first-order valence-corrected chi connectivity index (χ1v) is 11.2. The SMILES string of the molecule is CCC(CC)(CNC(=NC)NCC(C)(C)S(C)(=O)=O)NC(=O)OC(C)(C)C. The van der Waals surface area contributed by atoms with Gasteiger partial charge in [-0.1, -0.05) is 13.8 Å². The second-order valence-electron chi connectivity index (χ2n) is 8.43. The van der Waals surface area contributed by atoms with E-state index in [0.717, 1.165) is 0 Å². The van der Waals surface area contributed by atoms with Gasteiger partial charge in [0.1, 0.15) is 5.60 Å². The highest BCUT2D eigenvalue weighted by molar-refractivity contribution is 7.92. The maximum atomic E-state index is 12.2. The summed E-state index contributed by atoms with van der Waals surface area (Å²) in [6.07, 6.45) is 2.15. The molecule has 0 saturated heterocycles. The molecule has 0 aromatic rings. The van der Waals surface area contributed by atoms with Crippen molar-refractivity contribution < 1.29 is 17.9 Å². The third-order valence-electron chi connectivity index (χ3n) is 4.62. The monoisotopic (exact) mass is 406 g/mol. The van der Waals surface area contributed by atoms with Gasteiger partial charge in [0.05, 0.1) is 10.3 Å². The van der Waals surface area contributed by atoms with Crippen LogP contribution in [-0.2, 0) is 14.6 Å². The summed E-state index contributed by atoms with van der Waals surface area (Å²) in [5.74, 6) is 0.476. The summed E-state index contributed by atoms with van der Waals surface area (Å²) in [5.41, 5.74) is -1.08. The van der Waals surface area contributed by atoms with Crippen molar-refractivity contribution in [3.63, 3.8) is 0 Å². The van der Waals surface area contributed by atoms with Crippen LogP contribution in [0.1, 0.15) is 61.3 Å². The summed E-state index contributed by atoms with van der Waals surface area (Å²) in [6.45, 7) is 13.4. The molecule has 0 aliphatic carbocycles. The van der Waals surface area contributed by atoms with Crippen molar-refractivity contribution in [2.45, 2.75) is 77.2 Å². The lowest BCUT2D eigenvalue weighted by Crippen LogP contribution is -2.58. The molecule has 0 atom stereocenters. The van der Waals surface area contributed by atoms with E-state index in [-0.39, 0.29) is 6.54 Å². The molecule has 9 heteroatoms. The van der Waals surface area contributed by atoms with Crippen LogP contribution in [0.15, 0.2) is 4.99 Å². The third-order valence-corrected chi connectivity index (χ3v) is 6.77. The standard InChI is InChI=1S/C18H38N4O4S/c1-10-18(11-2,22-15(23)26-16(3,4)5)13-21-14(19-8)20-12-17(6,7)27(9,24)25/h10-13H2,1-9H3,(H,22,23)(H2,19,20,21). The third kappa shape index (κ3) is 8.81. The number of hydrogen-bond donors (Lipinski definition) is 3. The zero-order valence-electron chi connectivity index (χ0n) is 18.3. The molecular weight excluding hydrogens is 368 g/mol. The summed E-state index contributed by atoms with van der Waals surface area (Å²) in [5, 5.41) is 9.18. The van der Waals surface area contributed by atoms with Gasteiger partial charge in [-0.05, 0) is 47.5 Å². The smallest absolute Gasteiger partial charge is 0.408 e. The number of carbonyl (C=O) groups excluding carboxylic acids is 1. The van der Waals surface area contributed by atoms with Crippen molar-refractivity contribution in [3.05, 3.63) is 0 Å². The first-order valence-electron chi connectivity index (χ1n) is 9.26. The molecule has 0 aromatic carbocycles. The molecule has 0 saturated carbocycles. The van der Waals surface area contributed by atoms with E-state index in [2.05, 4.69) is 20.9 Å². The van der Waals surface area contributed by atoms with E-state index >= 15 is 0 Å². The van der Waals surface area contributed by atoms with Crippen LogP contribution < -0.4 is 16.0 Å². The first kappa shape index (κ1) is 25.5. The van der Waals surface area contributed by atoms with Gasteiger partial charge in [-0.2, -0.15) is 0 Å². The van der Waals surface area contributed by atoms with Crippen molar-refractivity contribution >= 4 is 21.9 Å². The molecule has 0 aromatic heterocycles. The summed E-state index contributed by atoms with van der Waals surface area (Å²) in [4.78, 5) is 16.3. The summed E-state index contributed by atoms with van der Waals surface area (Å²) >= 11 is 0. The molecular formula is C18H38N4O4S. The normalized spacial score (nSPS) is 13.9. The van der Waals surface area contributed by atoms with E-state index in [9.17, 15) is 13.2 Å². The van der Waals surface area contributed by atoms with Crippen LogP contribution in [0.5, 0.6) is 0 Å². The molecule has 160 valence electrons. The zero-order chi connectivity index (χ0) is 21.5. The Labute approximate surface area is 164 Å². The molecule has 0 aliphatic rings. The number of aliphatic imine (C=N–C) groups is 1. The van der Waals surface area contributed by atoms with Gasteiger partial charge in [0.2, 0.25) is 0 Å². The highest BCUT2D eigenvalue weighted by atomic mass is 32.2. The Hall–Kier alpha value is -1.51. The number of nitrogens with zero attached hydrogens (tertiary/aromatic N) is 1. The van der Waals surface area contributed by atoms with E-state index in [1.807, 2.05) is 34.6 Å². The predicted octanol–water partition coefficient (Wildman–Crippen LogP) is 2.06. The van der Waals surface area contributed by atoms with Gasteiger partial charge in [0.15, 0.2) is 15.8 Å². The number of sulfone groups is 1. The second-order valence-corrected chi connectivity index (χ2v) is 11.1. The molecule has 0 spiro atoms. The van der Waals surface area contributed by atoms with Crippen LogP contribution in [0, 0.1) is 0 Å². The first-order chi connectivity index (χ1) is 12.1. The molecule has 0 fully saturated rings. The Morgan fingerprint density at radius 1 is 1.00 bits per heavy atom. The van der Waals surface area contributed by atoms with Gasteiger partial charge in [-0.3, -0.25) is 4.99 Å². The van der Waals surface area contributed by atoms with Crippen LogP contribution in [0.2, 0.25) is 0 Å². The molecule has 0 aliphatic heterocycles. The lowest BCUT2D eigenvalue weighted by Gasteiger charge is -2.34. The van der Waals surface area contributed by atoms with Crippen molar-refractivity contribution in [1.29, 1.82) is 0 Å². The fraction of sp³-hybridized carbons (Fsp3) is 0.889. The van der Waals surface area contributed by atoms with Crippen molar-refractivity contribution in [2.24, 2.45) is 4.99 Å². The summed E-state index contributed by atoms with van der Waals surface area (Å²) in [6, 6.07) is 0. The van der Waals surface area contributed by atoms with Gasteiger partial charge in [-0.25, -0.2) is 13.2 Å². The minimum absolute atomic E-state index is 0.219. The molecule has 0 unspecified atom stereocenters. The maximum absolute atomic E-state index is 12.2. The fourth-order valence-corrected chi connectivity index (χ4v) is 2.48. The fourth-order valence-electron chi connectivity index (χ4n) is 2.14. The predicted molar refractivity (Wildman–Crippen MR) is 111 cm³/mol. The number of rotatable bonds is 8. The Morgan fingerprint density at radius 3 is 1.85 bits per heavy atom. The topological polar surface area (TPSA) is 109 Å². The van der Waals surface area contributed by atoms with Crippen LogP contribution in [0.3, 0.4) is 0 Å².